The Hall–Kier alpha value is -2.79. The van der Waals surface area contributed by atoms with E-state index >= 15 is 0 Å². The molecule has 0 N–H and O–H groups in total. The molecule has 2 fully saturated rings. The Balaban J connectivity index is 1.37. The van der Waals surface area contributed by atoms with E-state index in [1.54, 1.807) is 11.3 Å². The summed E-state index contributed by atoms with van der Waals surface area (Å²) in [6.07, 6.45) is 13.2. The number of hydrogen-bond donors (Lipinski definition) is 0. The van der Waals surface area contributed by atoms with Crippen molar-refractivity contribution in [1.29, 1.82) is 0 Å². The second kappa shape index (κ2) is 13.1. The maximum atomic E-state index is 4.20. The van der Waals surface area contributed by atoms with E-state index in [4.69, 9.17) is 0 Å². The van der Waals surface area contributed by atoms with E-state index in [1.807, 2.05) is 18.6 Å². The minimum Gasteiger partial charge on any atom is -0.376 e. The van der Waals surface area contributed by atoms with Gasteiger partial charge in [-0.15, -0.1) is 0 Å². The number of benzene rings is 1. The molecule has 1 saturated heterocycles. The summed E-state index contributed by atoms with van der Waals surface area (Å²) < 4.78 is 0. The smallest absolute Gasteiger partial charge is 0.0646 e. The third-order valence-corrected chi connectivity index (χ3v) is 7.94. The number of para-hydroxylation sites is 2. The molecule has 1 aliphatic heterocycles. The fourth-order valence-corrected chi connectivity index (χ4v) is 5.94. The minimum absolute atomic E-state index is 0.496. The lowest BCUT2D eigenvalue weighted by atomic mass is 9.96. The Bertz CT molecular complexity index is 1020. The molecule has 200 valence electrons. The average Bonchev–Trinajstić information content (AvgIpc) is 3.75. The first kappa shape index (κ1) is 27.3. The van der Waals surface area contributed by atoms with Crippen molar-refractivity contribution >= 4 is 11.4 Å². The van der Waals surface area contributed by atoms with Crippen LogP contribution in [0.4, 0.5) is 11.4 Å². The Morgan fingerprint density at radius 3 is 2.32 bits per heavy atom. The first-order valence-corrected chi connectivity index (χ1v) is 14.3. The predicted octanol–water partition coefficient (Wildman–Crippen LogP) is 6.55. The number of anilines is 2. The molecule has 1 unspecified atom stereocenters. The Morgan fingerprint density at radius 1 is 1.05 bits per heavy atom. The molecule has 37 heavy (non-hydrogen) atoms. The summed E-state index contributed by atoms with van der Waals surface area (Å²) in [4.78, 5) is 14.2. The summed E-state index contributed by atoms with van der Waals surface area (Å²) >= 11 is 0. The number of pyridine rings is 1. The van der Waals surface area contributed by atoms with Crippen LogP contribution in [0.3, 0.4) is 0 Å². The van der Waals surface area contributed by atoms with E-state index < -0.39 is 0 Å². The molecule has 4 rings (SSSR count). The maximum Gasteiger partial charge on any atom is 0.0646 e. The van der Waals surface area contributed by atoms with Gasteiger partial charge in [-0.25, -0.2) is 0 Å². The number of nitrogens with zero attached hydrogens (tertiary/aromatic N) is 5. The molecule has 1 saturated carbocycles. The highest BCUT2D eigenvalue weighted by molar-refractivity contribution is 5.72. The van der Waals surface area contributed by atoms with Crippen molar-refractivity contribution in [2.75, 3.05) is 50.1 Å². The van der Waals surface area contributed by atoms with Gasteiger partial charge in [0.25, 0.3) is 0 Å². The van der Waals surface area contributed by atoms with E-state index in [0.717, 1.165) is 32.7 Å². The van der Waals surface area contributed by atoms with Crippen LogP contribution in [0.5, 0.6) is 0 Å². The minimum atomic E-state index is 0.496. The van der Waals surface area contributed by atoms with Crippen molar-refractivity contribution < 1.29 is 0 Å². The molecule has 0 bridgehead atoms. The summed E-state index contributed by atoms with van der Waals surface area (Å²) in [6.45, 7) is 14.5. The average molecular weight is 502 g/mol. The summed E-state index contributed by atoms with van der Waals surface area (Å²) in [6, 6.07) is 13.5. The molecule has 0 amide bonds. The fourth-order valence-electron chi connectivity index (χ4n) is 5.94. The molecule has 5 nitrogen and oxygen atoms in total. The number of aromatic nitrogens is 1. The van der Waals surface area contributed by atoms with Crippen molar-refractivity contribution in [3.05, 3.63) is 78.4 Å². The second-order valence-electron chi connectivity index (χ2n) is 11.0. The van der Waals surface area contributed by atoms with Gasteiger partial charge in [0, 0.05) is 57.9 Å². The fraction of sp³-hybridized carbons (Fsp3) is 0.531. The van der Waals surface area contributed by atoms with E-state index in [0.29, 0.717) is 12.0 Å². The van der Waals surface area contributed by atoms with Crippen LogP contribution < -0.4 is 9.80 Å². The van der Waals surface area contributed by atoms with E-state index in [9.17, 15) is 0 Å². The van der Waals surface area contributed by atoms with Gasteiger partial charge in [-0.1, -0.05) is 38.1 Å². The lowest BCUT2D eigenvalue weighted by molar-refractivity contribution is 0.215. The number of piperidine rings is 1. The normalized spacial score (nSPS) is 16.6. The largest absolute Gasteiger partial charge is 0.376 e. The third-order valence-electron chi connectivity index (χ3n) is 7.94. The first-order chi connectivity index (χ1) is 18.0. The molecule has 1 aromatic heterocycles. The van der Waals surface area contributed by atoms with Crippen LogP contribution in [0, 0.1) is 5.92 Å². The zero-order valence-corrected chi connectivity index (χ0v) is 23.6. The zero-order valence-electron chi connectivity index (χ0n) is 23.6. The van der Waals surface area contributed by atoms with Gasteiger partial charge >= 0.3 is 0 Å². The van der Waals surface area contributed by atoms with Crippen molar-refractivity contribution in [3.63, 3.8) is 0 Å². The quantitative estimate of drug-likeness (QED) is 0.310. The van der Waals surface area contributed by atoms with Gasteiger partial charge in [0.05, 0.1) is 11.4 Å². The highest BCUT2D eigenvalue weighted by Gasteiger charge is 2.31. The molecule has 1 atom stereocenters. The van der Waals surface area contributed by atoms with E-state index in [-0.39, 0.29) is 0 Å². The lowest BCUT2D eigenvalue weighted by Gasteiger charge is -2.42. The number of allylic oxidation sites excluding steroid dienone is 2. The molecule has 2 heterocycles. The van der Waals surface area contributed by atoms with Gasteiger partial charge in [0.15, 0.2) is 0 Å². The molecule has 2 aliphatic rings. The third kappa shape index (κ3) is 7.16. The molecule has 0 spiro atoms. The molecule has 1 aromatic carbocycles. The second-order valence-corrected chi connectivity index (χ2v) is 11.0. The summed E-state index contributed by atoms with van der Waals surface area (Å²) in [7, 11) is 4.24. The van der Waals surface area contributed by atoms with Crippen LogP contribution in [0.1, 0.15) is 57.9 Å². The Labute approximate surface area is 225 Å². The van der Waals surface area contributed by atoms with Crippen LogP contribution in [-0.4, -0.2) is 61.1 Å². The van der Waals surface area contributed by atoms with Crippen LogP contribution in [0.25, 0.3) is 0 Å². The SMILES string of the molecule is C=CN(c1ccccc1N(C)C)C1CCN(C(=C2CC2)C(C)CCN(CCC)Cc2ccncc2)CC1. The Kier molecular flexibility index (Phi) is 9.68. The summed E-state index contributed by atoms with van der Waals surface area (Å²) in [5.41, 5.74) is 7.25. The monoisotopic (exact) mass is 501 g/mol. The molecule has 5 heteroatoms. The van der Waals surface area contributed by atoms with Crippen LogP contribution in [0.2, 0.25) is 0 Å². The van der Waals surface area contributed by atoms with Crippen LogP contribution in [0.15, 0.2) is 72.8 Å². The molecule has 2 aromatic rings. The van der Waals surface area contributed by atoms with Crippen molar-refractivity contribution in [2.24, 2.45) is 5.92 Å². The van der Waals surface area contributed by atoms with Gasteiger partial charge in [0.2, 0.25) is 0 Å². The van der Waals surface area contributed by atoms with Crippen molar-refractivity contribution in [2.45, 2.75) is 65.0 Å². The van der Waals surface area contributed by atoms with Gasteiger partial charge in [0.1, 0.15) is 0 Å². The number of rotatable bonds is 13. The van der Waals surface area contributed by atoms with Crippen molar-refractivity contribution in [3.8, 4) is 0 Å². The maximum absolute atomic E-state index is 4.20. The van der Waals surface area contributed by atoms with Crippen LogP contribution in [-0.2, 0) is 6.54 Å². The van der Waals surface area contributed by atoms with Crippen LogP contribution >= 0.6 is 0 Å². The van der Waals surface area contributed by atoms with Crippen molar-refractivity contribution in [1.82, 2.24) is 14.8 Å². The lowest BCUT2D eigenvalue weighted by Crippen LogP contribution is -2.44. The van der Waals surface area contributed by atoms with E-state index in [1.165, 1.54) is 55.5 Å². The van der Waals surface area contributed by atoms with Gasteiger partial charge in [-0.2, -0.15) is 0 Å². The highest BCUT2D eigenvalue weighted by atomic mass is 15.2. The Morgan fingerprint density at radius 2 is 1.73 bits per heavy atom. The number of hydrogen-bond acceptors (Lipinski definition) is 5. The molecule has 1 aliphatic carbocycles. The molecule has 0 radical (unpaired) electrons. The highest BCUT2D eigenvalue weighted by Crippen LogP contribution is 2.40. The standard InChI is InChI=1S/C32H47N5/c1-6-21-35(25-27-14-19-33-20-15-27)22-16-26(3)32(28-12-13-28)36-23-17-29(18-24-36)37(7-2)31-11-9-8-10-30(31)34(4)5/h7-11,14-15,19-20,26,29H,2,6,12-13,16-18,21-25H2,1,3-5H3. The van der Waals surface area contributed by atoms with Gasteiger partial charge in [-0.05, 0) is 93.6 Å². The summed E-state index contributed by atoms with van der Waals surface area (Å²) in [5.74, 6) is 0.607. The molecular formula is C32H47N5. The first-order valence-electron chi connectivity index (χ1n) is 14.3. The van der Waals surface area contributed by atoms with Gasteiger partial charge < -0.3 is 14.7 Å². The molecular weight excluding hydrogens is 454 g/mol. The number of likely N-dealkylation sites (tertiary alicyclic amines) is 1. The van der Waals surface area contributed by atoms with Gasteiger partial charge in [-0.3, -0.25) is 9.88 Å². The predicted molar refractivity (Wildman–Crippen MR) is 158 cm³/mol. The topological polar surface area (TPSA) is 25.9 Å². The zero-order chi connectivity index (χ0) is 26.2. The summed E-state index contributed by atoms with van der Waals surface area (Å²) in [5, 5.41) is 0. The van der Waals surface area contributed by atoms with E-state index in [2.05, 4.69) is 95.5 Å².